The predicted molar refractivity (Wildman–Crippen MR) is 73.9 cm³/mol. The number of halogens is 2. The van der Waals surface area contributed by atoms with Crippen molar-refractivity contribution in [3.8, 4) is 0 Å². The van der Waals surface area contributed by atoms with Crippen LogP contribution in [0.5, 0.6) is 0 Å². The summed E-state index contributed by atoms with van der Waals surface area (Å²) in [6, 6.07) is 0. The van der Waals surface area contributed by atoms with E-state index < -0.39 is 0 Å². The zero-order chi connectivity index (χ0) is 12.7. The number of hydrogen-bond acceptors (Lipinski definition) is 3. The van der Waals surface area contributed by atoms with Crippen molar-refractivity contribution in [3.63, 3.8) is 0 Å². The minimum Gasteiger partial charge on any atom is -0.356 e. The fourth-order valence-electron chi connectivity index (χ4n) is 2.42. The maximum absolute atomic E-state index is 11.9. The summed E-state index contributed by atoms with van der Waals surface area (Å²) >= 11 is 9.54. The van der Waals surface area contributed by atoms with Crippen LogP contribution < -0.4 is 10.2 Å². The Morgan fingerprint density at radius 3 is 2.83 bits per heavy atom. The number of anilines is 1. The molecule has 0 aromatic carbocycles. The molecule has 0 unspecified atom stereocenters. The molecule has 3 heterocycles. The summed E-state index contributed by atoms with van der Waals surface area (Å²) in [5, 5.41) is 3.26. The van der Waals surface area contributed by atoms with Crippen LogP contribution in [0.4, 0.5) is 5.82 Å². The Labute approximate surface area is 119 Å². The van der Waals surface area contributed by atoms with Gasteiger partial charge in [-0.1, -0.05) is 11.6 Å². The highest BCUT2D eigenvalue weighted by molar-refractivity contribution is 9.10. The van der Waals surface area contributed by atoms with Gasteiger partial charge in [-0.05, 0) is 35.2 Å². The zero-order valence-electron chi connectivity index (χ0n) is 9.67. The van der Waals surface area contributed by atoms with E-state index in [1.54, 1.807) is 0 Å². The highest BCUT2D eigenvalue weighted by Crippen LogP contribution is 2.36. The van der Waals surface area contributed by atoms with Crippen molar-refractivity contribution in [2.24, 2.45) is 0 Å². The van der Waals surface area contributed by atoms with Gasteiger partial charge < -0.3 is 10.2 Å². The van der Waals surface area contributed by atoms with Gasteiger partial charge in [0.2, 0.25) is 0 Å². The average Bonchev–Trinajstić information content (AvgIpc) is 2.77. The molecule has 1 amide bonds. The third-order valence-electron chi connectivity index (χ3n) is 3.33. The Morgan fingerprint density at radius 1 is 1.39 bits per heavy atom. The van der Waals surface area contributed by atoms with E-state index in [1.165, 1.54) is 0 Å². The number of aromatic nitrogens is 1. The predicted octanol–water partition coefficient (Wildman–Crippen LogP) is 2.55. The van der Waals surface area contributed by atoms with Gasteiger partial charge in [0.1, 0.15) is 11.0 Å². The minimum absolute atomic E-state index is 0.0561. The Hall–Kier alpha value is -0.810. The topological polar surface area (TPSA) is 45.2 Å². The molecule has 6 heteroatoms. The third-order valence-corrected chi connectivity index (χ3v) is 4.69. The molecule has 1 aromatic heterocycles. The molecule has 0 bridgehead atoms. The highest BCUT2D eigenvalue weighted by Gasteiger charge is 2.30. The van der Waals surface area contributed by atoms with E-state index >= 15 is 0 Å². The number of amides is 1. The maximum atomic E-state index is 11.9. The summed E-state index contributed by atoms with van der Waals surface area (Å²) in [6.07, 6.45) is 4.30. The SMILES string of the molecule is O=C1NCc2c(Br)c(Cl)nc(N3CC[CH]CC3)c21. The van der Waals surface area contributed by atoms with Crippen molar-refractivity contribution in [2.45, 2.75) is 19.4 Å². The molecular formula is C12H12BrClN3O. The fourth-order valence-corrected chi connectivity index (χ4v) is 3.04. The molecule has 95 valence electrons. The van der Waals surface area contributed by atoms with Gasteiger partial charge in [-0.3, -0.25) is 4.79 Å². The van der Waals surface area contributed by atoms with E-state index in [1.807, 2.05) is 0 Å². The van der Waals surface area contributed by atoms with Gasteiger partial charge in [-0.25, -0.2) is 4.98 Å². The lowest BCUT2D eigenvalue weighted by Gasteiger charge is -2.29. The van der Waals surface area contributed by atoms with E-state index in [-0.39, 0.29) is 5.91 Å². The smallest absolute Gasteiger partial charge is 0.255 e. The van der Waals surface area contributed by atoms with Crippen molar-refractivity contribution in [3.05, 3.63) is 27.2 Å². The van der Waals surface area contributed by atoms with Crippen LogP contribution in [0.2, 0.25) is 5.15 Å². The first-order chi connectivity index (χ1) is 8.68. The minimum atomic E-state index is -0.0561. The molecular weight excluding hydrogens is 318 g/mol. The lowest BCUT2D eigenvalue weighted by atomic mass is 10.1. The summed E-state index contributed by atoms with van der Waals surface area (Å²) in [6.45, 7) is 2.30. The molecule has 1 N–H and O–H groups in total. The molecule has 0 spiro atoms. The first-order valence-electron chi connectivity index (χ1n) is 5.91. The number of carbonyl (C=O) groups is 1. The fraction of sp³-hybridized carbons (Fsp3) is 0.417. The Kier molecular flexibility index (Phi) is 3.20. The summed E-state index contributed by atoms with van der Waals surface area (Å²) in [5.41, 5.74) is 1.60. The van der Waals surface area contributed by atoms with Crippen molar-refractivity contribution in [1.29, 1.82) is 0 Å². The normalized spacial score (nSPS) is 18.8. The summed E-state index contributed by atoms with van der Waals surface area (Å²) in [7, 11) is 0. The van der Waals surface area contributed by atoms with Gasteiger partial charge in [0.15, 0.2) is 0 Å². The van der Waals surface area contributed by atoms with Gasteiger partial charge in [-0.15, -0.1) is 0 Å². The lowest BCUT2D eigenvalue weighted by Crippen LogP contribution is -2.32. The molecule has 0 atom stereocenters. The number of pyridine rings is 1. The average molecular weight is 330 g/mol. The molecule has 2 aliphatic heterocycles. The monoisotopic (exact) mass is 328 g/mol. The van der Waals surface area contributed by atoms with E-state index in [4.69, 9.17) is 11.6 Å². The highest BCUT2D eigenvalue weighted by atomic mass is 79.9. The van der Waals surface area contributed by atoms with Gasteiger partial charge in [0.05, 0.1) is 10.0 Å². The molecule has 2 aliphatic rings. The standard InChI is InChI=1S/C12H12BrClN3O/c13-9-7-6-15-12(18)8(7)11(16-10(9)14)17-4-2-1-3-5-17/h1H,2-6H2,(H,15,18). The quantitative estimate of drug-likeness (QED) is 0.805. The summed E-state index contributed by atoms with van der Waals surface area (Å²) in [4.78, 5) is 18.5. The van der Waals surface area contributed by atoms with E-state index in [0.717, 1.165) is 41.8 Å². The van der Waals surface area contributed by atoms with Crippen LogP contribution in [-0.2, 0) is 6.54 Å². The lowest BCUT2D eigenvalue weighted by molar-refractivity contribution is 0.0966. The van der Waals surface area contributed by atoms with E-state index in [2.05, 4.69) is 37.6 Å². The Bertz CT molecular complexity index is 515. The van der Waals surface area contributed by atoms with Crippen LogP contribution >= 0.6 is 27.5 Å². The van der Waals surface area contributed by atoms with E-state index in [9.17, 15) is 4.79 Å². The first kappa shape index (κ1) is 12.2. The van der Waals surface area contributed by atoms with Gasteiger partial charge in [0, 0.05) is 25.2 Å². The van der Waals surface area contributed by atoms with Crippen LogP contribution in [0.25, 0.3) is 0 Å². The van der Waals surface area contributed by atoms with Crippen LogP contribution in [0.1, 0.15) is 28.8 Å². The number of rotatable bonds is 1. The zero-order valence-corrected chi connectivity index (χ0v) is 12.0. The van der Waals surface area contributed by atoms with Crippen LogP contribution in [0.3, 0.4) is 0 Å². The number of carbonyl (C=O) groups excluding carboxylic acids is 1. The van der Waals surface area contributed by atoms with E-state index in [0.29, 0.717) is 17.3 Å². The summed E-state index contributed by atoms with van der Waals surface area (Å²) < 4.78 is 0.727. The molecule has 0 aliphatic carbocycles. The van der Waals surface area contributed by atoms with Crippen LogP contribution in [-0.4, -0.2) is 24.0 Å². The van der Waals surface area contributed by atoms with Crippen LogP contribution in [0.15, 0.2) is 4.47 Å². The second-order valence-electron chi connectivity index (χ2n) is 4.43. The number of nitrogens with zero attached hydrogens (tertiary/aromatic N) is 2. The number of hydrogen-bond donors (Lipinski definition) is 1. The van der Waals surface area contributed by atoms with Crippen molar-refractivity contribution in [2.75, 3.05) is 18.0 Å². The van der Waals surface area contributed by atoms with Crippen molar-refractivity contribution < 1.29 is 4.79 Å². The molecule has 0 saturated carbocycles. The number of fused-ring (bicyclic) bond motifs is 1. The molecule has 18 heavy (non-hydrogen) atoms. The van der Waals surface area contributed by atoms with Crippen molar-refractivity contribution in [1.82, 2.24) is 10.3 Å². The Morgan fingerprint density at radius 2 is 2.11 bits per heavy atom. The largest absolute Gasteiger partial charge is 0.356 e. The first-order valence-corrected chi connectivity index (χ1v) is 7.08. The third kappa shape index (κ3) is 1.89. The van der Waals surface area contributed by atoms with Gasteiger partial charge >= 0.3 is 0 Å². The molecule has 1 fully saturated rings. The second kappa shape index (κ2) is 4.70. The maximum Gasteiger partial charge on any atom is 0.255 e. The van der Waals surface area contributed by atoms with Crippen molar-refractivity contribution >= 4 is 39.3 Å². The van der Waals surface area contributed by atoms with Gasteiger partial charge in [0.25, 0.3) is 5.91 Å². The molecule has 4 nitrogen and oxygen atoms in total. The number of piperidine rings is 1. The molecule has 1 aromatic rings. The van der Waals surface area contributed by atoms with Crippen LogP contribution in [0, 0.1) is 6.42 Å². The second-order valence-corrected chi connectivity index (χ2v) is 5.58. The number of nitrogens with one attached hydrogen (secondary N) is 1. The Balaban J connectivity index is 2.11. The molecule has 1 saturated heterocycles. The summed E-state index contributed by atoms with van der Waals surface area (Å²) in [5.74, 6) is 0.667. The molecule has 3 rings (SSSR count). The van der Waals surface area contributed by atoms with Gasteiger partial charge in [-0.2, -0.15) is 0 Å². The molecule has 1 radical (unpaired) electrons.